The number of nitrogens with one attached hydrogen (secondary N) is 2. The van der Waals surface area contributed by atoms with Gasteiger partial charge in [-0.25, -0.2) is 4.98 Å². The Bertz CT molecular complexity index is 1100. The van der Waals surface area contributed by atoms with E-state index in [4.69, 9.17) is 5.11 Å². The van der Waals surface area contributed by atoms with Crippen molar-refractivity contribution < 1.29 is 24.3 Å². The number of carboxylic acids is 1. The maximum atomic E-state index is 12.7. The number of thiophene rings is 1. The van der Waals surface area contributed by atoms with E-state index in [1.807, 2.05) is 47.8 Å². The molecule has 32 heavy (non-hydrogen) atoms. The number of para-hydroxylation sites is 1. The average Bonchev–Trinajstić information content (AvgIpc) is 3.32. The second-order valence-electron chi connectivity index (χ2n) is 7.20. The van der Waals surface area contributed by atoms with Gasteiger partial charge in [-0.3, -0.25) is 14.4 Å². The Morgan fingerprint density at radius 1 is 1.09 bits per heavy atom. The van der Waals surface area contributed by atoms with Crippen molar-refractivity contribution in [2.75, 3.05) is 6.54 Å². The summed E-state index contributed by atoms with van der Waals surface area (Å²) < 4.78 is 0. The lowest BCUT2D eigenvalue weighted by atomic mass is 9.99. The van der Waals surface area contributed by atoms with Crippen LogP contribution in [0.2, 0.25) is 0 Å². The van der Waals surface area contributed by atoms with Gasteiger partial charge in [-0.1, -0.05) is 30.3 Å². The summed E-state index contributed by atoms with van der Waals surface area (Å²) in [7, 11) is 0. The molecular weight excluding hydrogens is 430 g/mol. The maximum absolute atomic E-state index is 12.7. The van der Waals surface area contributed by atoms with Crippen LogP contribution in [0.15, 0.2) is 53.9 Å². The normalized spacial score (nSPS) is 12.6. The van der Waals surface area contributed by atoms with E-state index in [-0.39, 0.29) is 5.91 Å². The van der Waals surface area contributed by atoms with Gasteiger partial charge in [-0.15, -0.1) is 11.3 Å². The number of nitrogens with zero attached hydrogens (tertiary/aromatic N) is 1. The number of rotatable bonds is 11. The van der Waals surface area contributed by atoms with Crippen LogP contribution in [0.3, 0.4) is 0 Å². The molecule has 0 saturated carbocycles. The number of hydrogen-bond acceptors (Lipinski definition) is 6. The monoisotopic (exact) mass is 453 g/mol. The molecule has 0 aliphatic carbocycles. The van der Waals surface area contributed by atoms with E-state index in [0.29, 0.717) is 31.4 Å². The summed E-state index contributed by atoms with van der Waals surface area (Å²) in [5.74, 6) is -2.41. The first kappa shape index (κ1) is 23.1. The molecule has 1 aromatic carbocycles. The fourth-order valence-corrected chi connectivity index (χ4v) is 4.15. The van der Waals surface area contributed by atoms with Crippen LogP contribution >= 0.6 is 11.3 Å². The minimum atomic E-state index is -1.17. The number of aldehydes is 1. The average molecular weight is 454 g/mol. The third-order valence-electron chi connectivity index (χ3n) is 4.88. The molecule has 3 rings (SSSR count). The largest absolute Gasteiger partial charge is 0.481 e. The van der Waals surface area contributed by atoms with Crippen molar-refractivity contribution >= 4 is 46.3 Å². The molecule has 2 amide bonds. The van der Waals surface area contributed by atoms with Crippen molar-refractivity contribution in [1.82, 2.24) is 15.6 Å². The van der Waals surface area contributed by atoms with Crippen molar-refractivity contribution in [3.63, 3.8) is 0 Å². The van der Waals surface area contributed by atoms with Crippen molar-refractivity contribution in [2.24, 2.45) is 0 Å². The van der Waals surface area contributed by atoms with Gasteiger partial charge in [-0.05, 0) is 36.4 Å². The van der Waals surface area contributed by atoms with Crippen molar-refractivity contribution in [1.29, 1.82) is 0 Å². The molecule has 2 aromatic heterocycles. The lowest BCUT2D eigenvalue weighted by molar-refractivity contribution is -0.138. The fraction of sp³-hybridized carbons (Fsp3) is 0.261. The molecule has 2 heterocycles. The maximum Gasteiger partial charge on any atom is 0.305 e. The van der Waals surface area contributed by atoms with Crippen molar-refractivity contribution in [2.45, 2.75) is 31.2 Å². The van der Waals surface area contributed by atoms with Gasteiger partial charge in [0.1, 0.15) is 12.0 Å². The molecule has 166 valence electrons. The summed E-state index contributed by atoms with van der Waals surface area (Å²) in [4.78, 5) is 52.3. The van der Waals surface area contributed by atoms with Crippen molar-refractivity contribution in [3.8, 4) is 0 Å². The minimum Gasteiger partial charge on any atom is -0.481 e. The molecular formula is C23H23N3O5S. The van der Waals surface area contributed by atoms with Gasteiger partial charge in [0, 0.05) is 16.8 Å². The Balaban J connectivity index is 1.56. The molecule has 0 fully saturated rings. The van der Waals surface area contributed by atoms with E-state index in [2.05, 4.69) is 15.6 Å². The number of pyridine rings is 1. The fourth-order valence-electron chi connectivity index (χ4n) is 3.29. The number of fused-ring (bicyclic) bond motifs is 1. The second-order valence-corrected chi connectivity index (χ2v) is 8.18. The molecule has 1 unspecified atom stereocenters. The van der Waals surface area contributed by atoms with E-state index in [0.717, 1.165) is 15.8 Å². The zero-order valence-electron chi connectivity index (χ0n) is 17.2. The Hall–Kier alpha value is -3.59. The number of carboxylic acid groups (broad SMARTS) is 1. The predicted molar refractivity (Wildman–Crippen MR) is 121 cm³/mol. The van der Waals surface area contributed by atoms with E-state index in [9.17, 15) is 19.2 Å². The van der Waals surface area contributed by atoms with Gasteiger partial charge in [0.2, 0.25) is 5.91 Å². The van der Waals surface area contributed by atoms with Crippen LogP contribution in [-0.4, -0.2) is 46.7 Å². The molecule has 0 radical (unpaired) electrons. The Kier molecular flexibility index (Phi) is 8.04. The molecule has 0 saturated heterocycles. The van der Waals surface area contributed by atoms with Gasteiger partial charge in [0.05, 0.1) is 23.9 Å². The third-order valence-corrected chi connectivity index (χ3v) is 5.86. The quantitative estimate of drug-likeness (QED) is 0.303. The van der Waals surface area contributed by atoms with Crippen LogP contribution in [0, 0.1) is 0 Å². The van der Waals surface area contributed by atoms with Gasteiger partial charge in [-0.2, -0.15) is 0 Å². The zero-order valence-corrected chi connectivity index (χ0v) is 18.0. The number of benzene rings is 1. The molecule has 2 atom stereocenters. The van der Waals surface area contributed by atoms with Gasteiger partial charge < -0.3 is 20.5 Å². The summed E-state index contributed by atoms with van der Waals surface area (Å²) >= 11 is 1.41. The topological polar surface area (TPSA) is 125 Å². The lowest BCUT2D eigenvalue weighted by Crippen LogP contribution is -2.40. The lowest BCUT2D eigenvalue weighted by Gasteiger charge is -2.18. The summed E-state index contributed by atoms with van der Waals surface area (Å²) in [5.41, 5.74) is 1.06. The highest BCUT2D eigenvalue weighted by molar-refractivity contribution is 7.10. The van der Waals surface area contributed by atoms with E-state index in [1.165, 1.54) is 11.3 Å². The van der Waals surface area contributed by atoms with Crippen LogP contribution < -0.4 is 10.6 Å². The first-order chi connectivity index (χ1) is 15.5. The molecule has 0 bridgehead atoms. The summed E-state index contributed by atoms with van der Waals surface area (Å²) in [5, 5.41) is 17.0. The third kappa shape index (κ3) is 6.21. The highest BCUT2D eigenvalue weighted by Gasteiger charge is 2.24. The van der Waals surface area contributed by atoms with Gasteiger partial charge in [0.25, 0.3) is 5.91 Å². The smallest absolute Gasteiger partial charge is 0.305 e. The Labute approximate surface area is 188 Å². The number of carbonyl (C=O) groups is 4. The number of hydrogen-bond donors (Lipinski definition) is 3. The standard InChI is InChI=1S/C23H23N3O5S/c27-14-16(13-21(28)29)25-22(30)17(20-8-4-12-32-20)6-3-11-24-23(31)19-10-9-15-5-1-2-7-18(15)26-19/h1-2,4-5,7-10,12,14,16-17H,3,6,11,13H2,(H,24,31)(H,25,30)(H,28,29)/t16-,17?/m0/s1. The highest BCUT2D eigenvalue weighted by atomic mass is 32.1. The number of aliphatic carboxylic acids is 1. The van der Waals surface area contributed by atoms with Crippen LogP contribution in [0.4, 0.5) is 0 Å². The Morgan fingerprint density at radius 3 is 2.62 bits per heavy atom. The number of amides is 2. The molecule has 0 aliphatic heterocycles. The molecule has 0 aliphatic rings. The summed E-state index contributed by atoms with van der Waals surface area (Å²) in [6.45, 7) is 0.342. The van der Waals surface area contributed by atoms with E-state index >= 15 is 0 Å². The van der Waals surface area contributed by atoms with Crippen LogP contribution in [-0.2, 0) is 14.4 Å². The predicted octanol–water partition coefficient (Wildman–Crippen LogP) is 2.75. The van der Waals surface area contributed by atoms with E-state index in [1.54, 1.807) is 6.07 Å². The molecule has 8 nitrogen and oxygen atoms in total. The molecule has 3 aromatic rings. The van der Waals surface area contributed by atoms with Crippen LogP contribution in [0.5, 0.6) is 0 Å². The molecule has 0 spiro atoms. The van der Waals surface area contributed by atoms with Crippen LogP contribution in [0.25, 0.3) is 10.9 Å². The van der Waals surface area contributed by atoms with Gasteiger partial charge in [0.15, 0.2) is 0 Å². The first-order valence-electron chi connectivity index (χ1n) is 10.1. The second kappa shape index (κ2) is 11.1. The number of carbonyl (C=O) groups excluding carboxylic acids is 3. The highest BCUT2D eigenvalue weighted by Crippen LogP contribution is 2.26. The van der Waals surface area contributed by atoms with Gasteiger partial charge >= 0.3 is 5.97 Å². The molecule has 3 N–H and O–H groups in total. The minimum absolute atomic E-state index is 0.296. The van der Waals surface area contributed by atoms with Crippen LogP contribution in [0.1, 0.15) is 40.5 Å². The molecule has 9 heteroatoms. The van der Waals surface area contributed by atoms with E-state index < -0.39 is 30.3 Å². The summed E-state index contributed by atoms with van der Waals surface area (Å²) in [6.07, 6.45) is 0.895. The SMILES string of the molecule is O=C[C@H](CC(=O)O)NC(=O)C(CCCNC(=O)c1ccc2ccccc2n1)c1cccs1. The first-order valence-corrected chi connectivity index (χ1v) is 11.0. The van der Waals surface area contributed by atoms with Crippen molar-refractivity contribution in [3.05, 3.63) is 64.5 Å². The number of aromatic nitrogens is 1. The zero-order chi connectivity index (χ0) is 22.9. The Morgan fingerprint density at radius 2 is 1.91 bits per heavy atom. The summed E-state index contributed by atoms with van der Waals surface area (Å²) in [6, 6.07) is 13.6.